The van der Waals surface area contributed by atoms with Gasteiger partial charge in [-0.1, -0.05) is 65.0 Å². The summed E-state index contributed by atoms with van der Waals surface area (Å²) in [5.74, 6) is -9.84. The van der Waals surface area contributed by atoms with Crippen molar-refractivity contribution in [3.8, 4) is 11.1 Å². The fraction of sp³-hybridized carbons (Fsp3) is 0.481. The van der Waals surface area contributed by atoms with Crippen LogP contribution in [0.1, 0.15) is 104 Å². The van der Waals surface area contributed by atoms with Crippen LogP contribution in [-0.4, -0.2) is 110 Å². The Labute approximate surface area is 412 Å². The van der Waals surface area contributed by atoms with Crippen LogP contribution < -0.4 is 21.7 Å². The number of rotatable bonds is 27. The van der Waals surface area contributed by atoms with Crippen LogP contribution in [0.5, 0.6) is 0 Å². The molecule has 19 heteroatoms. The monoisotopic (exact) mass is 988 g/mol. The summed E-state index contributed by atoms with van der Waals surface area (Å²) >= 11 is 0. The van der Waals surface area contributed by atoms with Gasteiger partial charge in [-0.2, -0.15) is 0 Å². The molecule has 4 rings (SSSR count). The van der Waals surface area contributed by atoms with E-state index in [9.17, 15) is 52.6 Å². The second-order valence-corrected chi connectivity index (χ2v) is 19.4. The highest BCUT2D eigenvalue weighted by Gasteiger charge is 2.39. The van der Waals surface area contributed by atoms with Crippen molar-refractivity contribution in [1.82, 2.24) is 25.4 Å². The molecule has 384 valence electrons. The molecule has 1 aliphatic carbocycles. The average molecular weight is 989 g/mol. The number of nitrogens with two attached hydrogens (primary N) is 1. The molecule has 5 atom stereocenters. The zero-order valence-corrected chi connectivity index (χ0v) is 41.0. The first-order chi connectivity index (χ1) is 33.4. The smallest absolute Gasteiger partial charge is 0.320 e. The van der Waals surface area contributed by atoms with E-state index >= 15 is 4.39 Å². The first-order valence-electron chi connectivity index (χ1n) is 23.7. The molecule has 3 aromatic rings. The fourth-order valence-corrected chi connectivity index (χ4v) is 8.43. The molecule has 0 spiro atoms. The van der Waals surface area contributed by atoms with Crippen LogP contribution in [-0.2, 0) is 49.7 Å². The number of benzene rings is 2. The van der Waals surface area contributed by atoms with Crippen LogP contribution in [0.15, 0.2) is 72.9 Å². The molecule has 0 saturated heterocycles. The number of aromatic nitrogens is 1. The minimum absolute atomic E-state index is 0.0213. The molecule has 0 aliphatic heterocycles. The number of Topliss-reactive ketones (excluding diaryl/α,β-unsaturated/α-hetero) is 2. The van der Waals surface area contributed by atoms with E-state index in [1.807, 2.05) is 51.1 Å². The summed E-state index contributed by atoms with van der Waals surface area (Å²) in [6, 6.07) is 9.19. The third-order valence-corrected chi connectivity index (χ3v) is 12.4. The number of nitrogens with one attached hydrogen (secondary N) is 3. The highest BCUT2D eigenvalue weighted by Crippen LogP contribution is 2.41. The Morgan fingerprint density at radius 2 is 1.51 bits per heavy atom. The van der Waals surface area contributed by atoms with Gasteiger partial charge in [0.15, 0.2) is 11.6 Å². The zero-order chi connectivity index (χ0) is 52.7. The highest BCUT2D eigenvalue weighted by molar-refractivity contribution is 6.20. The second kappa shape index (κ2) is 25.9. The number of aliphatic hydroxyl groups is 1. The van der Waals surface area contributed by atoms with Gasteiger partial charge < -0.3 is 41.4 Å². The normalized spacial score (nSPS) is 14.9. The molecule has 0 fully saturated rings. The number of carbonyl (C=O) groups excluding carboxylic acids is 8. The number of amides is 4. The van der Waals surface area contributed by atoms with E-state index in [0.717, 1.165) is 35.9 Å². The van der Waals surface area contributed by atoms with Crippen molar-refractivity contribution < 1.29 is 62.1 Å². The summed E-state index contributed by atoms with van der Waals surface area (Å²) in [6.45, 7) is 9.24. The van der Waals surface area contributed by atoms with E-state index in [-0.39, 0.29) is 75.9 Å². The third-order valence-electron chi connectivity index (χ3n) is 12.4. The van der Waals surface area contributed by atoms with Gasteiger partial charge in [0.1, 0.15) is 47.9 Å². The number of aliphatic carboxylic acids is 1. The quantitative estimate of drug-likeness (QED) is 0.0460. The minimum Gasteiger partial charge on any atom is -0.480 e. The maximum Gasteiger partial charge on any atom is 0.320 e. The zero-order valence-electron chi connectivity index (χ0n) is 41.0. The maximum atomic E-state index is 15.3. The Kier molecular flexibility index (Phi) is 20.8. The molecule has 2 aromatic carbocycles. The predicted octanol–water partition coefficient (Wildman–Crippen LogP) is 4.37. The van der Waals surface area contributed by atoms with Gasteiger partial charge in [0.05, 0.1) is 12.0 Å². The average Bonchev–Trinajstić information content (AvgIpc) is 3.86. The van der Waals surface area contributed by atoms with E-state index in [2.05, 4.69) is 16.0 Å². The molecule has 4 amide bonds. The number of carboxylic acid groups (broad SMARTS) is 1. The van der Waals surface area contributed by atoms with Gasteiger partial charge in [0, 0.05) is 74.3 Å². The molecule has 1 aliphatic rings. The van der Waals surface area contributed by atoms with Crippen molar-refractivity contribution in [3.63, 3.8) is 0 Å². The van der Waals surface area contributed by atoms with Crippen molar-refractivity contribution in [2.24, 2.45) is 28.9 Å². The molecule has 71 heavy (non-hydrogen) atoms. The van der Waals surface area contributed by atoms with Crippen LogP contribution in [0.3, 0.4) is 0 Å². The summed E-state index contributed by atoms with van der Waals surface area (Å²) < 4.78 is 31.7. The Hall–Kier alpha value is -6.73. The van der Waals surface area contributed by atoms with Gasteiger partial charge in [0.25, 0.3) is 0 Å². The summed E-state index contributed by atoms with van der Waals surface area (Å²) in [5.41, 5.74) is 6.29. The minimum atomic E-state index is -1.40. The number of nitrogens with zero attached hydrogens (tertiary/aromatic N) is 2. The number of carboxylic acids is 1. The molecular weight excluding hydrogens is 923 g/mol. The molecular formula is C52H66F2N6O11. The fourth-order valence-electron chi connectivity index (χ4n) is 8.43. The van der Waals surface area contributed by atoms with Crippen LogP contribution in [0, 0.1) is 34.8 Å². The van der Waals surface area contributed by atoms with Crippen molar-refractivity contribution >= 4 is 52.7 Å². The molecule has 0 radical (unpaired) electrons. The van der Waals surface area contributed by atoms with Gasteiger partial charge in [0.2, 0.25) is 23.6 Å². The van der Waals surface area contributed by atoms with E-state index in [0.29, 0.717) is 11.3 Å². The SMILES string of the molecule is CC(C)[C@H](CC(=O)CC1C(=O)C=CC1=O)C(=O)N[C@@H](C)C(=O)N[C@@H](CCN(C(=O)CO)[C@@H](c1cc(-c2cc(F)ccc2F)cn1Cc1ccccc1)C(C)(C)C)C(=O)NCCCC(=O)CC[C@H](N)C(=O)O. The standard InChI is InChI=1S/C52H66F2N6O11/c1-30(2)37(25-36(63)26-39-44(64)18-19-45(39)65)49(68)57-31(3)48(67)58-42(50(69)56-21-10-13-35(62)15-17-41(55)51(70)71)20-22-60(46(66)29-61)47(52(4,5)6)43-23-33(38-24-34(53)14-16-40(38)54)28-59(43)27-32-11-8-7-9-12-32/h7-9,11-12,14,16,18-19,23-24,28,30-31,37,39,41-42,47,61H,10,13,15,17,20-22,25-27,29,55H2,1-6H3,(H,56,69)(H,57,68)(H,58,67)(H,70,71)/t31-,37-,41-,42-,47-/m0/s1. The number of carbonyl (C=O) groups is 9. The second-order valence-electron chi connectivity index (χ2n) is 19.4. The van der Waals surface area contributed by atoms with Crippen LogP contribution in [0.25, 0.3) is 11.1 Å². The van der Waals surface area contributed by atoms with E-state index in [4.69, 9.17) is 10.8 Å². The molecule has 7 N–H and O–H groups in total. The molecule has 0 bridgehead atoms. The van der Waals surface area contributed by atoms with Gasteiger partial charge in [-0.25, -0.2) is 8.78 Å². The third kappa shape index (κ3) is 16.4. The molecule has 17 nitrogen and oxygen atoms in total. The Morgan fingerprint density at radius 3 is 2.11 bits per heavy atom. The number of aliphatic hydroxyl groups excluding tert-OH is 1. The lowest BCUT2D eigenvalue weighted by Gasteiger charge is -2.41. The number of halogens is 2. The summed E-state index contributed by atoms with van der Waals surface area (Å²) in [7, 11) is 0. The Balaban J connectivity index is 1.63. The van der Waals surface area contributed by atoms with Crippen molar-refractivity contribution in [2.45, 2.75) is 117 Å². The topological polar surface area (TPSA) is 264 Å². The molecule has 1 heterocycles. The van der Waals surface area contributed by atoms with Crippen molar-refractivity contribution in [1.29, 1.82) is 0 Å². The maximum absolute atomic E-state index is 15.3. The number of allylic oxidation sites excluding steroid dienone is 2. The number of hydrogen-bond acceptors (Lipinski definition) is 11. The summed E-state index contributed by atoms with van der Waals surface area (Å²) in [5, 5.41) is 27.4. The van der Waals surface area contributed by atoms with Gasteiger partial charge >= 0.3 is 5.97 Å². The molecule has 0 unspecified atom stereocenters. The largest absolute Gasteiger partial charge is 0.480 e. The van der Waals surface area contributed by atoms with Gasteiger partial charge in [-0.15, -0.1) is 0 Å². The lowest BCUT2D eigenvalue weighted by molar-refractivity contribution is -0.140. The van der Waals surface area contributed by atoms with E-state index < -0.39 is 113 Å². The van der Waals surface area contributed by atoms with E-state index in [1.54, 1.807) is 30.7 Å². The lowest BCUT2D eigenvalue weighted by atomic mass is 9.82. The first kappa shape index (κ1) is 56.9. The molecule has 0 saturated carbocycles. The lowest BCUT2D eigenvalue weighted by Crippen LogP contribution is -2.55. The highest BCUT2D eigenvalue weighted by atomic mass is 19.1. The predicted molar refractivity (Wildman–Crippen MR) is 258 cm³/mol. The van der Waals surface area contributed by atoms with Gasteiger partial charge in [-0.05, 0) is 79.5 Å². The Bertz CT molecular complexity index is 2450. The number of ketones is 4. The summed E-state index contributed by atoms with van der Waals surface area (Å²) in [6.07, 6.45) is 2.87. The summed E-state index contributed by atoms with van der Waals surface area (Å²) in [4.78, 5) is 118. The van der Waals surface area contributed by atoms with Gasteiger partial charge in [-0.3, -0.25) is 43.2 Å². The molecule has 1 aromatic heterocycles. The van der Waals surface area contributed by atoms with Crippen LogP contribution >= 0.6 is 0 Å². The van der Waals surface area contributed by atoms with Crippen LogP contribution in [0.2, 0.25) is 0 Å². The van der Waals surface area contributed by atoms with Crippen LogP contribution in [0.4, 0.5) is 8.78 Å². The number of hydrogen-bond donors (Lipinski definition) is 6. The van der Waals surface area contributed by atoms with E-state index in [1.165, 1.54) is 11.8 Å². The first-order valence-corrected chi connectivity index (χ1v) is 23.7. The van der Waals surface area contributed by atoms with Crippen molar-refractivity contribution in [2.75, 3.05) is 19.7 Å². The Morgan fingerprint density at radius 1 is 0.845 bits per heavy atom. The van der Waals surface area contributed by atoms with Crippen molar-refractivity contribution in [3.05, 3.63) is 95.8 Å².